The molecule has 0 spiro atoms. The third kappa shape index (κ3) is 1.62. The van der Waals surface area contributed by atoms with Crippen molar-refractivity contribution in [2.75, 3.05) is 5.73 Å². The molecule has 3 nitrogen and oxygen atoms in total. The summed E-state index contributed by atoms with van der Waals surface area (Å²) in [6.45, 7) is 0. The van der Waals surface area contributed by atoms with Gasteiger partial charge in [-0.2, -0.15) is 0 Å². The fraction of sp³-hybridized carbons (Fsp3) is 0. The highest BCUT2D eigenvalue weighted by molar-refractivity contribution is 9.10. The minimum atomic E-state index is -1.41. The second-order valence-corrected chi connectivity index (χ2v) is 3.05. The van der Waals surface area contributed by atoms with E-state index in [4.69, 9.17) is 10.8 Å². The summed E-state index contributed by atoms with van der Waals surface area (Å²) in [5.74, 6) is -3.85. The van der Waals surface area contributed by atoms with Crippen LogP contribution in [0.25, 0.3) is 0 Å². The fourth-order valence-electron chi connectivity index (χ4n) is 0.786. The van der Waals surface area contributed by atoms with Gasteiger partial charge < -0.3 is 10.8 Å². The first-order valence-electron chi connectivity index (χ1n) is 3.11. The zero-order valence-electron chi connectivity index (χ0n) is 6.14. The zero-order chi connectivity index (χ0) is 10.2. The summed E-state index contributed by atoms with van der Waals surface area (Å²) in [7, 11) is 0. The Morgan fingerprint density at radius 2 is 2.08 bits per heavy atom. The first-order chi connectivity index (χ1) is 5.95. The van der Waals surface area contributed by atoms with E-state index in [1.807, 2.05) is 0 Å². The van der Waals surface area contributed by atoms with Gasteiger partial charge in [-0.3, -0.25) is 0 Å². The van der Waals surface area contributed by atoms with E-state index in [0.29, 0.717) is 6.07 Å². The highest BCUT2D eigenvalue weighted by Crippen LogP contribution is 2.28. The Balaban J connectivity index is 3.50. The Bertz CT molecular complexity index is 381. The van der Waals surface area contributed by atoms with Gasteiger partial charge in [-0.05, 0) is 22.0 Å². The SMILES string of the molecule is Nc1c(C(=O)O)cc(F)c(F)c1Br. The van der Waals surface area contributed by atoms with E-state index < -0.39 is 23.2 Å². The minimum Gasteiger partial charge on any atom is -0.478 e. The largest absolute Gasteiger partial charge is 0.478 e. The van der Waals surface area contributed by atoms with Crippen LogP contribution in [-0.4, -0.2) is 11.1 Å². The molecule has 1 aromatic rings. The molecule has 0 aliphatic carbocycles. The van der Waals surface area contributed by atoms with Crippen molar-refractivity contribution in [2.24, 2.45) is 0 Å². The van der Waals surface area contributed by atoms with Gasteiger partial charge in [0.15, 0.2) is 11.6 Å². The number of carboxylic acid groups (broad SMARTS) is 1. The topological polar surface area (TPSA) is 63.3 Å². The summed E-state index contributed by atoms with van der Waals surface area (Å²) in [5.41, 5.74) is 4.42. The molecule has 3 N–H and O–H groups in total. The van der Waals surface area contributed by atoms with Crippen LogP contribution < -0.4 is 5.73 Å². The number of hydrogen-bond donors (Lipinski definition) is 2. The van der Waals surface area contributed by atoms with Gasteiger partial charge >= 0.3 is 5.97 Å². The van der Waals surface area contributed by atoms with Gasteiger partial charge in [-0.1, -0.05) is 0 Å². The highest BCUT2D eigenvalue weighted by Gasteiger charge is 2.18. The van der Waals surface area contributed by atoms with Crippen molar-refractivity contribution in [3.63, 3.8) is 0 Å². The first kappa shape index (κ1) is 9.91. The number of anilines is 1. The molecule has 0 bridgehead atoms. The van der Waals surface area contributed by atoms with Gasteiger partial charge in [0.05, 0.1) is 15.7 Å². The molecule has 13 heavy (non-hydrogen) atoms. The number of benzene rings is 1. The van der Waals surface area contributed by atoms with Gasteiger partial charge in [0, 0.05) is 0 Å². The van der Waals surface area contributed by atoms with E-state index in [2.05, 4.69) is 15.9 Å². The number of carbonyl (C=O) groups is 1. The zero-order valence-corrected chi connectivity index (χ0v) is 7.73. The molecular weight excluding hydrogens is 248 g/mol. The van der Waals surface area contributed by atoms with Gasteiger partial charge in [-0.25, -0.2) is 13.6 Å². The standard InChI is InChI=1S/C7H4BrF2NO2/c8-4-5(10)3(9)1-2(6(4)11)7(12)13/h1H,11H2,(H,12,13). The van der Waals surface area contributed by atoms with Crippen molar-refractivity contribution in [1.82, 2.24) is 0 Å². The number of nitrogen functional groups attached to an aromatic ring is 1. The van der Waals surface area contributed by atoms with Crippen molar-refractivity contribution in [3.8, 4) is 0 Å². The maximum atomic E-state index is 12.7. The number of nitrogens with two attached hydrogens (primary N) is 1. The minimum absolute atomic E-state index is 0.327. The van der Waals surface area contributed by atoms with E-state index >= 15 is 0 Å². The molecule has 0 amide bonds. The molecule has 0 unspecified atom stereocenters. The van der Waals surface area contributed by atoms with Crippen LogP contribution in [0.3, 0.4) is 0 Å². The lowest BCUT2D eigenvalue weighted by Crippen LogP contribution is -2.06. The number of rotatable bonds is 1. The summed E-state index contributed by atoms with van der Waals surface area (Å²) in [4.78, 5) is 10.4. The Kier molecular flexibility index (Phi) is 2.51. The summed E-state index contributed by atoms with van der Waals surface area (Å²) in [6, 6.07) is 0.539. The Morgan fingerprint density at radius 3 is 2.54 bits per heavy atom. The molecule has 0 radical (unpaired) electrons. The van der Waals surface area contributed by atoms with Crippen LogP contribution in [-0.2, 0) is 0 Å². The molecular formula is C7H4BrF2NO2. The molecule has 1 rings (SSSR count). The second-order valence-electron chi connectivity index (χ2n) is 2.25. The van der Waals surface area contributed by atoms with Crippen LogP contribution in [0, 0.1) is 11.6 Å². The van der Waals surface area contributed by atoms with Crippen LogP contribution in [0.4, 0.5) is 14.5 Å². The monoisotopic (exact) mass is 251 g/mol. The van der Waals surface area contributed by atoms with E-state index in [9.17, 15) is 13.6 Å². The van der Waals surface area contributed by atoms with Crippen molar-refractivity contribution in [2.45, 2.75) is 0 Å². The summed E-state index contributed by atoms with van der Waals surface area (Å²) >= 11 is 2.65. The van der Waals surface area contributed by atoms with Crippen molar-refractivity contribution in [1.29, 1.82) is 0 Å². The van der Waals surface area contributed by atoms with Gasteiger partial charge in [-0.15, -0.1) is 0 Å². The predicted octanol–water partition coefficient (Wildman–Crippen LogP) is 2.01. The quantitative estimate of drug-likeness (QED) is 0.593. The van der Waals surface area contributed by atoms with Gasteiger partial charge in [0.1, 0.15) is 0 Å². The van der Waals surface area contributed by atoms with Crippen LogP contribution in [0.5, 0.6) is 0 Å². The van der Waals surface area contributed by atoms with Gasteiger partial charge in [0.2, 0.25) is 0 Å². The molecule has 0 atom stereocenters. The maximum Gasteiger partial charge on any atom is 0.337 e. The molecule has 6 heteroatoms. The Hall–Kier alpha value is -1.17. The molecule has 0 aromatic heterocycles. The summed E-state index contributed by atoms with van der Waals surface area (Å²) in [5, 5.41) is 8.52. The van der Waals surface area contributed by atoms with E-state index in [-0.39, 0.29) is 10.2 Å². The summed E-state index contributed by atoms with van der Waals surface area (Å²) in [6.07, 6.45) is 0. The Labute approximate surface area is 80.3 Å². The highest BCUT2D eigenvalue weighted by atomic mass is 79.9. The molecule has 0 saturated carbocycles. The Morgan fingerprint density at radius 1 is 1.54 bits per heavy atom. The van der Waals surface area contributed by atoms with E-state index in [1.54, 1.807) is 0 Å². The van der Waals surface area contributed by atoms with E-state index in [1.165, 1.54) is 0 Å². The number of hydrogen-bond acceptors (Lipinski definition) is 2. The second kappa shape index (κ2) is 3.29. The summed E-state index contributed by atoms with van der Waals surface area (Å²) < 4.78 is 25.0. The van der Waals surface area contributed by atoms with Crippen molar-refractivity contribution < 1.29 is 18.7 Å². The van der Waals surface area contributed by atoms with Crippen molar-refractivity contribution >= 4 is 27.6 Å². The first-order valence-corrected chi connectivity index (χ1v) is 3.90. The molecule has 0 aliphatic heterocycles. The van der Waals surface area contributed by atoms with Crippen LogP contribution >= 0.6 is 15.9 Å². The van der Waals surface area contributed by atoms with Crippen LogP contribution in [0.15, 0.2) is 10.5 Å². The number of aromatic carboxylic acids is 1. The lowest BCUT2D eigenvalue weighted by molar-refractivity contribution is 0.0697. The fourth-order valence-corrected chi connectivity index (χ4v) is 1.19. The molecule has 0 fully saturated rings. The molecule has 1 aromatic carbocycles. The molecule has 0 aliphatic rings. The smallest absolute Gasteiger partial charge is 0.337 e. The average Bonchev–Trinajstić information content (AvgIpc) is 2.07. The predicted molar refractivity (Wildman–Crippen MR) is 45.4 cm³/mol. The third-order valence-corrected chi connectivity index (χ3v) is 2.21. The van der Waals surface area contributed by atoms with E-state index in [0.717, 1.165) is 0 Å². The number of halogens is 3. The number of carboxylic acids is 1. The molecule has 70 valence electrons. The lowest BCUT2D eigenvalue weighted by Gasteiger charge is -2.04. The molecule has 0 heterocycles. The third-order valence-electron chi connectivity index (χ3n) is 1.43. The lowest BCUT2D eigenvalue weighted by atomic mass is 10.2. The van der Waals surface area contributed by atoms with Crippen LogP contribution in [0.1, 0.15) is 10.4 Å². The average molecular weight is 252 g/mol. The normalized spacial score (nSPS) is 10.1. The van der Waals surface area contributed by atoms with Crippen LogP contribution in [0.2, 0.25) is 0 Å². The van der Waals surface area contributed by atoms with Crippen molar-refractivity contribution in [3.05, 3.63) is 27.7 Å². The van der Waals surface area contributed by atoms with Gasteiger partial charge in [0.25, 0.3) is 0 Å². The molecule has 0 saturated heterocycles. The maximum absolute atomic E-state index is 12.7.